The molecule has 1 aliphatic heterocycles. The summed E-state index contributed by atoms with van der Waals surface area (Å²) in [6.45, 7) is 3.87. The molecule has 1 unspecified atom stereocenters. The van der Waals surface area contributed by atoms with E-state index >= 15 is 0 Å². The van der Waals surface area contributed by atoms with Crippen LogP contribution in [0.25, 0.3) is 0 Å². The number of rotatable bonds is 5. The van der Waals surface area contributed by atoms with E-state index in [2.05, 4.69) is 24.4 Å². The van der Waals surface area contributed by atoms with Gasteiger partial charge in [0.25, 0.3) is 0 Å². The molecule has 0 saturated carbocycles. The van der Waals surface area contributed by atoms with Crippen LogP contribution in [-0.2, 0) is 4.79 Å². The Kier molecular flexibility index (Phi) is 8.15. The second-order valence-corrected chi connectivity index (χ2v) is 6.49. The Hall–Kier alpha value is -0.710. The quantitative estimate of drug-likeness (QED) is 0.842. The van der Waals surface area contributed by atoms with Crippen molar-refractivity contribution in [3.8, 4) is 0 Å². The number of benzene rings is 1. The molecule has 2 rings (SSSR count). The molecule has 0 bridgehead atoms. The summed E-state index contributed by atoms with van der Waals surface area (Å²) in [6.07, 6.45) is 3.01. The molecule has 5 heteroatoms. The first-order valence-electron chi connectivity index (χ1n) is 7.42. The number of carbonyl (C=O) groups excluding carboxylic acids is 1. The van der Waals surface area contributed by atoms with Gasteiger partial charge in [-0.25, -0.2) is 0 Å². The largest absolute Gasteiger partial charge is 0.342 e. The van der Waals surface area contributed by atoms with Crippen molar-refractivity contribution in [2.45, 2.75) is 42.4 Å². The monoisotopic (exact) mass is 328 g/mol. The van der Waals surface area contributed by atoms with Crippen LogP contribution in [0, 0.1) is 0 Å². The van der Waals surface area contributed by atoms with E-state index in [1.807, 2.05) is 30.1 Å². The number of piperidine rings is 1. The molecule has 0 radical (unpaired) electrons. The SMILES string of the molecule is CCC(Sc1ccccc1)C(=O)N1CCC(NC)CC1.Cl. The standard InChI is InChI=1S/C16H24N2OS.ClH/c1-3-15(20-14-7-5-4-6-8-14)16(19)18-11-9-13(17-2)10-12-18;/h4-8,13,15,17H,3,9-12H2,1-2H3;1H. The Morgan fingerprint density at radius 2 is 1.95 bits per heavy atom. The molecule has 0 aromatic heterocycles. The van der Waals surface area contributed by atoms with Crippen LogP contribution >= 0.6 is 24.2 Å². The molecule has 1 aliphatic rings. The third-order valence-electron chi connectivity index (χ3n) is 3.88. The number of thioether (sulfide) groups is 1. The summed E-state index contributed by atoms with van der Waals surface area (Å²) >= 11 is 1.69. The molecule has 21 heavy (non-hydrogen) atoms. The minimum absolute atomic E-state index is 0. The van der Waals surface area contributed by atoms with Crippen molar-refractivity contribution in [2.75, 3.05) is 20.1 Å². The van der Waals surface area contributed by atoms with Crippen LogP contribution in [0.15, 0.2) is 35.2 Å². The van der Waals surface area contributed by atoms with Gasteiger partial charge in [-0.3, -0.25) is 4.79 Å². The van der Waals surface area contributed by atoms with Crippen LogP contribution in [-0.4, -0.2) is 42.2 Å². The second-order valence-electron chi connectivity index (χ2n) is 5.22. The molecule has 1 N–H and O–H groups in total. The summed E-state index contributed by atoms with van der Waals surface area (Å²) in [4.78, 5) is 15.8. The number of hydrogen-bond donors (Lipinski definition) is 1. The fraction of sp³-hybridized carbons (Fsp3) is 0.562. The normalized spacial score (nSPS) is 17.1. The fourth-order valence-electron chi connectivity index (χ4n) is 2.56. The molecule has 1 fully saturated rings. The smallest absolute Gasteiger partial charge is 0.236 e. The highest BCUT2D eigenvalue weighted by Crippen LogP contribution is 2.27. The van der Waals surface area contributed by atoms with Gasteiger partial charge in [-0.05, 0) is 38.4 Å². The Labute approximate surface area is 138 Å². The molecule has 0 spiro atoms. The molecule has 1 atom stereocenters. The zero-order valence-electron chi connectivity index (χ0n) is 12.7. The summed E-state index contributed by atoms with van der Waals surface area (Å²) in [6, 6.07) is 10.8. The Morgan fingerprint density at radius 1 is 1.33 bits per heavy atom. The molecule has 1 heterocycles. The third-order valence-corrected chi connectivity index (χ3v) is 5.25. The highest BCUT2D eigenvalue weighted by atomic mass is 35.5. The molecule has 118 valence electrons. The Balaban J connectivity index is 0.00000220. The molecule has 1 saturated heterocycles. The van der Waals surface area contributed by atoms with Crippen molar-refractivity contribution in [2.24, 2.45) is 0 Å². The lowest BCUT2D eigenvalue weighted by Gasteiger charge is -2.33. The van der Waals surface area contributed by atoms with Crippen molar-refractivity contribution >= 4 is 30.1 Å². The van der Waals surface area contributed by atoms with E-state index in [1.165, 1.54) is 4.90 Å². The van der Waals surface area contributed by atoms with Crippen molar-refractivity contribution < 1.29 is 4.79 Å². The lowest BCUT2D eigenvalue weighted by molar-refractivity contribution is -0.131. The van der Waals surface area contributed by atoms with Crippen molar-refractivity contribution in [3.63, 3.8) is 0 Å². The Bertz CT molecular complexity index is 422. The van der Waals surface area contributed by atoms with Crippen LogP contribution in [0.1, 0.15) is 26.2 Å². The number of amides is 1. The van der Waals surface area contributed by atoms with Crippen LogP contribution in [0.5, 0.6) is 0 Å². The number of halogens is 1. The first-order valence-corrected chi connectivity index (χ1v) is 8.30. The average Bonchev–Trinajstić information content (AvgIpc) is 2.53. The summed E-state index contributed by atoms with van der Waals surface area (Å²) in [7, 11) is 2.00. The fourth-order valence-corrected chi connectivity index (χ4v) is 3.62. The Morgan fingerprint density at radius 3 is 2.48 bits per heavy atom. The van der Waals surface area contributed by atoms with E-state index in [1.54, 1.807) is 11.8 Å². The molecule has 3 nitrogen and oxygen atoms in total. The van der Waals surface area contributed by atoms with E-state index < -0.39 is 0 Å². The van der Waals surface area contributed by atoms with E-state index in [4.69, 9.17) is 0 Å². The first-order chi connectivity index (χ1) is 9.74. The van der Waals surface area contributed by atoms with Gasteiger partial charge in [-0.2, -0.15) is 0 Å². The minimum atomic E-state index is 0. The van der Waals surface area contributed by atoms with Gasteiger partial charge in [0.15, 0.2) is 0 Å². The van der Waals surface area contributed by atoms with Crippen LogP contribution in [0.2, 0.25) is 0 Å². The molecule has 1 aromatic rings. The van der Waals surface area contributed by atoms with Crippen molar-refractivity contribution in [3.05, 3.63) is 30.3 Å². The van der Waals surface area contributed by atoms with Gasteiger partial charge in [0, 0.05) is 24.0 Å². The predicted molar refractivity (Wildman–Crippen MR) is 92.3 cm³/mol. The van der Waals surface area contributed by atoms with E-state index in [-0.39, 0.29) is 17.7 Å². The first kappa shape index (κ1) is 18.3. The predicted octanol–water partition coefficient (Wildman–Crippen LogP) is 3.19. The van der Waals surface area contributed by atoms with E-state index in [0.717, 1.165) is 32.4 Å². The van der Waals surface area contributed by atoms with Gasteiger partial charge in [0.1, 0.15) is 0 Å². The number of carbonyl (C=O) groups is 1. The van der Waals surface area contributed by atoms with Gasteiger partial charge in [0.05, 0.1) is 5.25 Å². The summed E-state index contributed by atoms with van der Waals surface area (Å²) in [5.74, 6) is 0.302. The second kappa shape index (κ2) is 9.34. The number of nitrogens with zero attached hydrogens (tertiary/aromatic N) is 1. The number of nitrogens with one attached hydrogen (secondary N) is 1. The molecular formula is C16H25ClN2OS. The molecule has 1 amide bonds. The zero-order valence-corrected chi connectivity index (χ0v) is 14.4. The van der Waals surface area contributed by atoms with Gasteiger partial charge < -0.3 is 10.2 Å². The van der Waals surface area contributed by atoms with E-state index in [9.17, 15) is 4.79 Å². The molecule has 1 aromatic carbocycles. The zero-order chi connectivity index (χ0) is 14.4. The van der Waals surface area contributed by atoms with Gasteiger partial charge in [-0.1, -0.05) is 25.1 Å². The lowest BCUT2D eigenvalue weighted by Crippen LogP contribution is -2.46. The van der Waals surface area contributed by atoms with Gasteiger partial charge in [0.2, 0.25) is 5.91 Å². The van der Waals surface area contributed by atoms with E-state index in [0.29, 0.717) is 11.9 Å². The van der Waals surface area contributed by atoms with Crippen LogP contribution < -0.4 is 5.32 Å². The number of likely N-dealkylation sites (tertiary alicyclic amines) is 1. The summed E-state index contributed by atoms with van der Waals surface area (Å²) in [5.41, 5.74) is 0. The van der Waals surface area contributed by atoms with Crippen molar-refractivity contribution in [1.82, 2.24) is 10.2 Å². The molecule has 0 aliphatic carbocycles. The minimum Gasteiger partial charge on any atom is -0.342 e. The van der Waals surface area contributed by atoms with Crippen LogP contribution in [0.4, 0.5) is 0 Å². The van der Waals surface area contributed by atoms with Gasteiger partial charge in [-0.15, -0.1) is 24.2 Å². The summed E-state index contributed by atoms with van der Waals surface area (Å²) in [5, 5.41) is 3.35. The lowest BCUT2D eigenvalue weighted by atomic mass is 10.0. The topological polar surface area (TPSA) is 32.3 Å². The van der Waals surface area contributed by atoms with Gasteiger partial charge >= 0.3 is 0 Å². The van der Waals surface area contributed by atoms with Crippen LogP contribution in [0.3, 0.4) is 0 Å². The highest BCUT2D eigenvalue weighted by molar-refractivity contribution is 8.00. The maximum absolute atomic E-state index is 12.6. The number of hydrogen-bond acceptors (Lipinski definition) is 3. The van der Waals surface area contributed by atoms with Crippen molar-refractivity contribution in [1.29, 1.82) is 0 Å². The molecular weight excluding hydrogens is 304 g/mol. The maximum atomic E-state index is 12.6. The third kappa shape index (κ3) is 5.20. The maximum Gasteiger partial charge on any atom is 0.236 e. The summed E-state index contributed by atoms with van der Waals surface area (Å²) < 4.78 is 0. The average molecular weight is 329 g/mol. The highest BCUT2D eigenvalue weighted by Gasteiger charge is 2.27.